The fourth-order valence-electron chi connectivity index (χ4n) is 4.48. The molecule has 0 bridgehead atoms. The van der Waals surface area contributed by atoms with Gasteiger partial charge in [-0.15, -0.1) is 0 Å². The molecule has 0 saturated carbocycles. The van der Waals surface area contributed by atoms with Crippen molar-refractivity contribution in [1.82, 2.24) is 25.1 Å². The first-order valence-corrected chi connectivity index (χ1v) is 13.0. The Morgan fingerprint density at radius 3 is 2.75 bits per heavy atom. The van der Waals surface area contributed by atoms with E-state index >= 15 is 0 Å². The van der Waals surface area contributed by atoms with Crippen LogP contribution in [0.5, 0.6) is 0 Å². The molecule has 4 heterocycles. The van der Waals surface area contributed by atoms with Crippen molar-refractivity contribution in [3.63, 3.8) is 0 Å². The van der Waals surface area contributed by atoms with Gasteiger partial charge in [0.05, 0.1) is 37.3 Å². The van der Waals surface area contributed by atoms with Crippen molar-refractivity contribution in [1.29, 1.82) is 0 Å². The Labute approximate surface area is 212 Å². The Bertz CT molecular complexity index is 1250. The number of nitrogens with zero attached hydrogens (tertiary/aromatic N) is 6. The van der Waals surface area contributed by atoms with E-state index in [1.165, 1.54) is 17.0 Å². The maximum absolute atomic E-state index is 13.2. The fourth-order valence-corrected chi connectivity index (χ4v) is 5.04. The highest BCUT2D eigenvalue weighted by atomic mass is 32.2. The molecular weight excluding hydrogens is 485 g/mol. The van der Waals surface area contributed by atoms with Crippen LogP contribution in [-0.2, 0) is 20.9 Å². The lowest BCUT2D eigenvalue weighted by Crippen LogP contribution is -2.37. The van der Waals surface area contributed by atoms with Gasteiger partial charge in [0.2, 0.25) is 11.8 Å². The number of amides is 2. The summed E-state index contributed by atoms with van der Waals surface area (Å²) < 4.78 is 20.5. The standard InChI is InChI=1S/C24H28FN7O3S/c1-2-36-24-28-21(30-9-11-35-12-10-30)19-14-27-32(22(19)29-24)8-7-26-23(34)16-13-20(33)31(15-16)18-5-3-17(25)4-6-18/h3-6,14,16H,2,7-13,15H2,1H3,(H,26,34). The Hall–Kier alpha value is -3.25. The number of benzene rings is 1. The molecule has 2 fully saturated rings. The molecule has 0 aliphatic carbocycles. The molecule has 12 heteroatoms. The summed E-state index contributed by atoms with van der Waals surface area (Å²) in [6, 6.07) is 5.72. The van der Waals surface area contributed by atoms with Crippen molar-refractivity contribution < 1.29 is 18.7 Å². The molecule has 5 rings (SSSR count). The van der Waals surface area contributed by atoms with Gasteiger partial charge in [0.1, 0.15) is 11.6 Å². The molecule has 2 aliphatic rings. The number of carbonyl (C=O) groups excluding carboxylic acids is 2. The van der Waals surface area contributed by atoms with Crippen LogP contribution in [0, 0.1) is 11.7 Å². The van der Waals surface area contributed by atoms with E-state index < -0.39 is 5.92 Å². The van der Waals surface area contributed by atoms with Crippen LogP contribution in [0.3, 0.4) is 0 Å². The summed E-state index contributed by atoms with van der Waals surface area (Å²) in [4.78, 5) is 38.4. The van der Waals surface area contributed by atoms with Gasteiger partial charge in [-0.1, -0.05) is 18.7 Å². The van der Waals surface area contributed by atoms with Gasteiger partial charge in [0.15, 0.2) is 10.8 Å². The molecule has 0 radical (unpaired) electrons. The first-order chi connectivity index (χ1) is 17.5. The SMILES string of the molecule is CCSc1nc(N2CCOCC2)c2cnn(CCNC(=O)C3CC(=O)N(c4ccc(F)cc4)C3)c2n1. The molecule has 1 aromatic carbocycles. The Morgan fingerprint density at radius 2 is 2.00 bits per heavy atom. The van der Waals surface area contributed by atoms with E-state index in [-0.39, 0.29) is 30.6 Å². The van der Waals surface area contributed by atoms with Crippen LogP contribution in [0.25, 0.3) is 11.0 Å². The molecular formula is C24H28FN7O3S. The molecule has 2 saturated heterocycles. The monoisotopic (exact) mass is 513 g/mol. The van der Waals surface area contributed by atoms with Crippen molar-refractivity contribution in [3.05, 3.63) is 36.3 Å². The summed E-state index contributed by atoms with van der Waals surface area (Å²) in [5.41, 5.74) is 1.33. The predicted molar refractivity (Wildman–Crippen MR) is 135 cm³/mol. The van der Waals surface area contributed by atoms with E-state index in [4.69, 9.17) is 14.7 Å². The number of nitrogens with one attached hydrogen (secondary N) is 1. The van der Waals surface area contributed by atoms with E-state index in [0.29, 0.717) is 37.1 Å². The summed E-state index contributed by atoms with van der Waals surface area (Å²) in [7, 11) is 0. The number of ether oxygens (including phenoxy) is 1. The molecule has 2 aromatic heterocycles. The maximum Gasteiger partial charge on any atom is 0.227 e. The summed E-state index contributed by atoms with van der Waals surface area (Å²) in [5, 5.41) is 9.02. The smallest absolute Gasteiger partial charge is 0.227 e. The minimum Gasteiger partial charge on any atom is -0.378 e. The number of thioether (sulfide) groups is 1. The number of fused-ring (bicyclic) bond motifs is 1. The zero-order valence-electron chi connectivity index (χ0n) is 20.0. The highest BCUT2D eigenvalue weighted by Crippen LogP contribution is 2.28. The number of hydrogen-bond donors (Lipinski definition) is 1. The molecule has 3 aromatic rings. The van der Waals surface area contributed by atoms with Crippen LogP contribution >= 0.6 is 11.8 Å². The van der Waals surface area contributed by atoms with E-state index in [2.05, 4.69) is 22.2 Å². The molecule has 36 heavy (non-hydrogen) atoms. The Morgan fingerprint density at radius 1 is 1.22 bits per heavy atom. The third kappa shape index (κ3) is 5.14. The van der Waals surface area contributed by atoms with Gasteiger partial charge >= 0.3 is 0 Å². The van der Waals surface area contributed by atoms with Crippen molar-refractivity contribution in [2.45, 2.75) is 25.0 Å². The first kappa shape index (κ1) is 24.4. The van der Waals surface area contributed by atoms with Crippen LogP contribution in [0.1, 0.15) is 13.3 Å². The van der Waals surface area contributed by atoms with Gasteiger partial charge in [0, 0.05) is 38.3 Å². The zero-order valence-corrected chi connectivity index (χ0v) is 20.8. The molecule has 1 atom stereocenters. The minimum atomic E-state index is -0.459. The van der Waals surface area contributed by atoms with E-state index in [1.807, 2.05) is 0 Å². The highest BCUT2D eigenvalue weighted by Gasteiger charge is 2.35. The molecule has 0 spiro atoms. The number of halogens is 1. The Balaban J connectivity index is 1.24. The number of anilines is 2. The summed E-state index contributed by atoms with van der Waals surface area (Å²) in [5.74, 6) is 0.560. The number of hydrogen-bond acceptors (Lipinski definition) is 8. The van der Waals surface area contributed by atoms with Crippen LogP contribution in [0.4, 0.5) is 15.9 Å². The van der Waals surface area contributed by atoms with Gasteiger partial charge in [-0.25, -0.2) is 19.0 Å². The zero-order chi connectivity index (χ0) is 25.1. The number of aromatic nitrogens is 4. The van der Waals surface area contributed by atoms with Gasteiger partial charge in [-0.2, -0.15) is 5.10 Å². The fraction of sp³-hybridized carbons (Fsp3) is 0.458. The molecule has 1 unspecified atom stereocenters. The Kier molecular flexibility index (Phi) is 7.33. The minimum absolute atomic E-state index is 0.127. The van der Waals surface area contributed by atoms with Crippen molar-refractivity contribution in [2.75, 3.05) is 54.9 Å². The van der Waals surface area contributed by atoms with E-state index in [1.54, 1.807) is 34.8 Å². The lowest BCUT2D eigenvalue weighted by molar-refractivity contribution is -0.126. The molecule has 1 N–H and O–H groups in total. The second kappa shape index (κ2) is 10.8. The quantitative estimate of drug-likeness (QED) is 0.361. The normalized spacial score (nSPS) is 18.3. The number of morpholine rings is 1. The van der Waals surface area contributed by atoms with E-state index in [9.17, 15) is 14.0 Å². The number of carbonyl (C=O) groups is 2. The number of rotatable bonds is 8. The largest absolute Gasteiger partial charge is 0.378 e. The van der Waals surface area contributed by atoms with Crippen LogP contribution < -0.4 is 15.1 Å². The average Bonchev–Trinajstić information content (AvgIpc) is 3.48. The summed E-state index contributed by atoms with van der Waals surface area (Å²) in [6.07, 6.45) is 1.90. The lowest BCUT2D eigenvalue weighted by atomic mass is 10.1. The second-order valence-corrected chi connectivity index (χ2v) is 9.87. The van der Waals surface area contributed by atoms with Gasteiger partial charge in [-0.05, 0) is 30.0 Å². The molecule has 2 amide bonds. The van der Waals surface area contributed by atoms with Crippen LogP contribution in [0.2, 0.25) is 0 Å². The lowest BCUT2D eigenvalue weighted by Gasteiger charge is -2.28. The van der Waals surface area contributed by atoms with Gasteiger partial charge < -0.3 is 19.9 Å². The maximum atomic E-state index is 13.2. The van der Waals surface area contributed by atoms with Crippen molar-refractivity contribution >= 4 is 46.1 Å². The van der Waals surface area contributed by atoms with Crippen molar-refractivity contribution in [2.24, 2.45) is 5.92 Å². The highest BCUT2D eigenvalue weighted by molar-refractivity contribution is 7.99. The first-order valence-electron chi connectivity index (χ1n) is 12.1. The topological polar surface area (TPSA) is 105 Å². The third-order valence-electron chi connectivity index (χ3n) is 6.30. The molecule has 10 nitrogen and oxygen atoms in total. The van der Waals surface area contributed by atoms with Gasteiger partial charge in [-0.3, -0.25) is 9.59 Å². The van der Waals surface area contributed by atoms with Gasteiger partial charge in [0.25, 0.3) is 0 Å². The third-order valence-corrected chi connectivity index (χ3v) is 7.03. The van der Waals surface area contributed by atoms with Crippen LogP contribution in [-0.4, -0.2) is 76.7 Å². The predicted octanol–water partition coefficient (Wildman–Crippen LogP) is 2.08. The second-order valence-electron chi connectivity index (χ2n) is 8.64. The van der Waals surface area contributed by atoms with Crippen molar-refractivity contribution in [3.8, 4) is 0 Å². The molecule has 2 aliphatic heterocycles. The van der Waals surface area contributed by atoms with E-state index in [0.717, 1.165) is 35.7 Å². The molecule has 190 valence electrons. The van der Waals surface area contributed by atoms with Crippen LogP contribution in [0.15, 0.2) is 35.6 Å². The summed E-state index contributed by atoms with van der Waals surface area (Å²) >= 11 is 1.58. The average molecular weight is 514 g/mol. The summed E-state index contributed by atoms with van der Waals surface area (Å²) in [6.45, 7) is 5.96.